The predicted molar refractivity (Wildman–Crippen MR) is 99.9 cm³/mol. The number of carbonyl (C=O) groups excluding carboxylic acids is 2. The molecule has 138 valence electrons. The van der Waals surface area contributed by atoms with Crippen LogP contribution >= 0.6 is 15.9 Å². The molecule has 3 rings (SSSR count). The van der Waals surface area contributed by atoms with E-state index in [4.69, 9.17) is 0 Å². The maximum Gasteiger partial charge on any atom is 0.274 e. The van der Waals surface area contributed by atoms with E-state index in [9.17, 15) is 19.1 Å². The van der Waals surface area contributed by atoms with Gasteiger partial charge in [-0.25, -0.2) is 9.37 Å². The molecule has 9 heteroatoms. The fourth-order valence-electron chi connectivity index (χ4n) is 2.55. The van der Waals surface area contributed by atoms with Crippen LogP contribution in [0.4, 0.5) is 4.39 Å². The van der Waals surface area contributed by atoms with E-state index in [-0.39, 0.29) is 29.1 Å². The number of hydrogen-bond donors (Lipinski definition) is 3. The molecule has 0 aliphatic carbocycles. The highest BCUT2D eigenvalue weighted by Gasteiger charge is 2.20. The van der Waals surface area contributed by atoms with Gasteiger partial charge in [0.05, 0.1) is 0 Å². The summed E-state index contributed by atoms with van der Waals surface area (Å²) in [4.78, 5) is 32.5. The second-order valence-corrected chi connectivity index (χ2v) is 6.31. The topological polar surface area (TPSA) is 104 Å². The van der Waals surface area contributed by atoms with Crippen LogP contribution in [0.15, 0.2) is 41.1 Å². The lowest BCUT2D eigenvalue weighted by atomic mass is 10.1. The van der Waals surface area contributed by atoms with Crippen molar-refractivity contribution >= 4 is 38.6 Å². The van der Waals surface area contributed by atoms with E-state index >= 15 is 0 Å². The molecule has 0 atom stereocenters. The Morgan fingerprint density at radius 3 is 2.78 bits per heavy atom. The fraction of sp³-hybridized carbons (Fsp3) is 0.111. The van der Waals surface area contributed by atoms with Gasteiger partial charge in [-0.15, -0.1) is 0 Å². The number of amides is 2. The number of nitrogens with one attached hydrogen (secondary N) is 2. The Morgan fingerprint density at radius 1 is 1.26 bits per heavy atom. The summed E-state index contributed by atoms with van der Waals surface area (Å²) in [6.07, 6.45) is 1.49. The zero-order chi connectivity index (χ0) is 19.6. The number of pyridine rings is 2. The molecule has 0 fully saturated rings. The molecule has 0 spiro atoms. The van der Waals surface area contributed by atoms with Gasteiger partial charge < -0.3 is 15.7 Å². The first-order valence-corrected chi connectivity index (χ1v) is 8.63. The maximum absolute atomic E-state index is 13.4. The van der Waals surface area contributed by atoms with Gasteiger partial charge in [0.1, 0.15) is 15.9 Å². The van der Waals surface area contributed by atoms with Crippen LogP contribution in [-0.2, 0) is 6.54 Å². The maximum atomic E-state index is 13.4. The van der Waals surface area contributed by atoms with Crippen LogP contribution in [0.1, 0.15) is 26.4 Å². The fourth-order valence-corrected chi connectivity index (χ4v) is 3.05. The van der Waals surface area contributed by atoms with Crippen LogP contribution in [0, 0.1) is 5.82 Å². The first-order valence-electron chi connectivity index (χ1n) is 7.84. The Kier molecular flexibility index (Phi) is 5.31. The van der Waals surface area contributed by atoms with Crippen LogP contribution in [0.2, 0.25) is 0 Å². The normalized spacial score (nSPS) is 10.6. The van der Waals surface area contributed by atoms with Crippen LogP contribution < -0.4 is 10.6 Å². The predicted octanol–water partition coefficient (Wildman–Crippen LogP) is 2.53. The molecule has 0 unspecified atom stereocenters. The van der Waals surface area contributed by atoms with Gasteiger partial charge in [0.2, 0.25) is 0 Å². The number of rotatable bonds is 4. The molecule has 0 aliphatic rings. The quantitative estimate of drug-likeness (QED) is 0.549. The van der Waals surface area contributed by atoms with Crippen molar-refractivity contribution in [1.29, 1.82) is 0 Å². The van der Waals surface area contributed by atoms with Crippen molar-refractivity contribution in [3.05, 3.63) is 63.8 Å². The third-order valence-electron chi connectivity index (χ3n) is 3.89. The third-order valence-corrected chi connectivity index (χ3v) is 4.49. The Bertz CT molecular complexity index is 1060. The number of fused-ring (bicyclic) bond motifs is 1. The smallest absolute Gasteiger partial charge is 0.274 e. The van der Waals surface area contributed by atoms with Gasteiger partial charge in [-0.1, -0.05) is 6.07 Å². The molecule has 7 nitrogen and oxygen atoms in total. The minimum Gasteiger partial charge on any atom is -0.504 e. The number of aromatic hydroxyl groups is 1. The van der Waals surface area contributed by atoms with Gasteiger partial charge >= 0.3 is 0 Å². The molecule has 2 aromatic heterocycles. The van der Waals surface area contributed by atoms with Crippen LogP contribution in [0.3, 0.4) is 0 Å². The van der Waals surface area contributed by atoms with Crippen LogP contribution in [-0.4, -0.2) is 33.9 Å². The lowest BCUT2D eigenvalue weighted by Gasteiger charge is -2.11. The minimum atomic E-state index is -0.659. The number of benzene rings is 1. The van der Waals surface area contributed by atoms with E-state index in [0.29, 0.717) is 15.6 Å². The summed E-state index contributed by atoms with van der Waals surface area (Å²) in [5.41, 5.74) is 0.548. The summed E-state index contributed by atoms with van der Waals surface area (Å²) < 4.78 is 13.8. The van der Waals surface area contributed by atoms with Gasteiger partial charge in [-0.2, -0.15) is 0 Å². The Morgan fingerprint density at radius 2 is 2.04 bits per heavy atom. The van der Waals surface area contributed by atoms with E-state index in [2.05, 4.69) is 36.5 Å². The van der Waals surface area contributed by atoms with Gasteiger partial charge in [0.15, 0.2) is 11.4 Å². The number of hydrogen-bond acceptors (Lipinski definition) is 5. The monoisotopic (exact) mass is 432 g/mol. The summed E-state index contributed by atoms with van der Waals surface area (Å²) in [5, 5.41) is 15.9. The summed E-state index contributed by atoms with van der Waals surface area (Å²) in [5.74, 6) is -2.05. The first-order chi connectivity index (χ1) is 12.9. The van der Waals surface area contributed by atoms with Crippen LogP contribution in [0.25, 0.3) is 10.9 Å². The molecule has 3 aromatic rings. The Balaban J connectivity index is 1.88. The van der Waals surface area contributed by atoms with Crippen molar-refractivity contribution in [2.24, 2.45) is 0 Å². The highest BCUT2D eigenvalue weighted by Crippen LogP contribution is 2.30. The summed E-state index contributed by atoms with van der Waals surface area (Å²) >= 11 is 3.26. The summed E-state index contributed by atoms with van der Waals surface area (Å²) in [6, 6.07) is 7.08. The van der Waals surface area contributed by atoms with Crippen molar-refractivity contribution in [1.82, 2.24) is 20.6 Å². The van der Waals surface area contributed by atoms with E-state index < -0.39 is 17.6 Å². The highest BCUT2D eigenvalue weighted by molar-refractivity contribution is 9.10. The molecule has 3 N–H and O–H groups in total. The standard InChI is InChI=1S/C18H14BrFN4O3/c1-21-17(26)12-7-10(20)5-4-9(12)8-23-18(27)14-15(25)13-11(16(19)24-14)3-2-6-22-13/h2-7,25H,8H2,1H3,(H,21,26)(H,23,27). The van der Waals surface area contributed by atoms with E-state index in [1.807, 2.05) is 0 Å². The lowest BCUT2D eigenvalue weighted by molar-refractivity contribution is 0.0933. The van der Waals surface area contributed by atoms with Crippen molar-refractivity contribution in [2.75, 3.05) is 7.05 Å². The van der Waals surface area contributed by atoms with Crippen molar-refractivity contribution in [3.63, 3.8) is 0 Å². The second kappa shape index (κ2) is 7.67. The average molecular weight is 433 g/mol. The van der Waals surface area contributed by atoms with Gasteiger partial charge in [0, 0.05) is 30.7 Å². The van der Waals surface area contributed by atoms with Crippen molar-refractivity contribution in [3.8, 4) is 5.75 Å². The van der Waals surface area contributed by atoms with Crippen molar-refractivity contribution in [2.45, 2.75) is 6.54 Å². The number of carbonyl (C=O) groups is 2. The van der Waals surface area contributed by atoms with Gasteiger partial charge in [-0.3, -0.25) is 14.6 Å². The number of aromatic nitrogens is 2. The molecule has 27 heavy (non-hydrogen) atoms. The minimum absolute atomic E-state index is 0.0547. The van der Waals surface area contributed by atoms with E-state index in [1.54, 1.807) is 12.1 Å². The average Bonchev–Trinajstić information content (AvgIpc) is 2.68. The highest BCUT2D eigenvalue weighted by atomic mass is 79.9. The van der Waals surface area contributed by atoms with E-state index in [0.717, 1.165) is 6.07 Å². The molecule has 0 radical (unpaired) electrons. The van der Waals surface area contributed by atoms with Crippen molar-refractivity contribution < 1.29 is 19.1 Å². The number of halogens is 2. The summed E-state index contributed by atoms with van der Waals surface area (Å²) in [7, 11) is 1.43. The third kappa shape index (κ3) is 3.72. The largest absolute Gasteiger partial charge is 0.504 e. The second-order valence-electron chi connectivity index (χ2n) is 5.56. The van der Waals surface area contributed by atoms with E-state index in [1.165, 1.54) is 25.4 Å². The molecular weight excluding hydrogens is 419 g/mol. The number of nitrogens with zero attached hydrogens (tertiary/aromatic N) is 2. The van der Waals surface area contributed by atoms with Gasteiger partial charge in [-0.05, 0) is 45.8 Å². The zero-order valence-electron chi connectivity index (χ0n) is 14.1. The Labute approximate surface area is 161 Å². The summed E-state index contributed by atoms with van der Waals surface area (Å²) in [6.45, 7) is -0.0547. The molecule has 2 heterocycles. The van der Waals surface area contributed by atoms with Gasteiger partial charge in [0.25, 0.3) is 11.8 Å². The molecule has 0 saturated carbocycles. The molecule has 1 aromatic carbocycles. The first kappa shape index (κ1) is 18.7. The molecule has 0 saturated heterocycles. The molecule has 2 amide bonds. The zero-order valence-corrected chi connectivity index (χ0v) is 15.7. The molecular formula is C18H14BrFN4O3. The molecule has 0 bridgehead atoms. The Hall–Kier alpha value is -3.07. The van der Waals surface area contributed by atoms with Crippen LogP contribution in [0.5, 0.6) is 5.75 Å². The molecule has 0 aliphatic heterocycles. The lowest BCUT2D eigenvalue weighted by Crippen LogP contribution is -2.27. The SMILES string of the molecule is CNC(=O)c1cc(F)ccc1CNC(=O)c1nc(Br)c2cccnc2c1O.